The molecule has 0 aliphatic carbocycles. The van der Waals surface area contributed by atoms with Crippen LogP contribution < -0.4 is 5.32 Å². The van der Waals surface area contributed by atoms with Crippen molar-refractivity contribution in [2.24, 2.45) is 5.41 Å². The van der Waals surface area contributed by atoms with Gasteiger partial charge in [-0.05, 0) is 37.6 Å². The van der Waals surface area contributed by atoms with Crippen LogP contribution in [0.25, 0.3) is 0 Å². The van der Waals surface area contributed by atoms with Crippen LogP contribution in [0.5, 0.6) is 0 Å². The number of rotatable bonds is 2. The summed E-state index contributed by atoms with van der Waals surface area (Å²) in [6, 6.07) is 0. The van der Waals surface area contributed by atoms with E-state index in [0.29, 0.717) is 25.0 Å². The van der Waals surface area contributed by atoms with Gasteiger partial charge in [-0.3, -0.25) is 0 Å². The Morgan fingerprint density at radius 2 is 1.88 bits per heavy atom. The first kappa shape index (κ1) is 13.3. The summed E-state index contributed by atoms with van der Waals surface area (Å²) in [5.74, 6) is 0. The van der Waals surface area contributed by atoms with Crippen molar-refractivity contribution >= 4 is 10.0 Å². The Bertz CT molecular complexity index is 349. The van der Waals surface area contributed by atoms with Crippen LogP contribution in [0, 0.1) is 5.41 Å². The SMILES string of the molecule is CC1(C)CCN(S(=O)(=O)C2CCCNC2)CC1. The molecule has 2 heterocycles. The third kappa shape index (κ3) is 3.01. The lowest BCUT2D eigenvalue weighted by molar-refractivity contribution is 0.194. The first-order chi connectivity index (χ1) is 7.92. The molecular weight excluding hydrogens is 236 g/mol. The van der Waals surface area contributed by atoms with Crippen LogP contribution in [-0.2, 0) is 10.0 Å². The first-order valence-electron chi connectivity index (χ1n) is 6.61. The topological polar surface area (TPSA) is 49.4 Å². The zero-order valence-corrected chi connectivity index (χ0v) is 11.7. The Morgan fingerprint density at radius 1 is 1.24 bits per heavy atom. The van der Waals surface area contributed by atoms with E-state index in [1.807, 2.05) is 0 Å². The summed E-state index contributed by atoms with van der Waals surface area (Å²) < 4.78 is 26.6. The first-order valence-corrected chi connectivity index (χ1v) is 8.12. The van der Waals surface area contributed by atoms with Crippen molar-refractivity contribution in [2.45, 2.75) is 44.8 Å². The van der Waals surface area contributed by atoms with Crippen LogP contribution in [0.1, 0.15) is 39.5 Å². The molecule has 1 N–H and O–H groups in total. The van der Waals surface area contributed by atoms with E-state index in [1.54, 1.807) is 4.31 Å². The van der Waals surface area contributed by atoms with E-state index >= 15 is 0 Å². The summed E-state index contributed by atoms with van der Waals surface area (Å²) in [6.07, 6.45) is 3.75. The van der Waals surface area contributed by atoms with Crippen molar-refractivity contribution in [3.8, 4) is 0 Å². The minimum atomic E-state index is -3.06. The van der Waals surface area contributed by atoms with Gasteiger partial charge in [0.05, 0.1) is 5.25 Å². The van der Waals surface area contributed by atoms with Crippen LogP contribution in [0.15, 0.2) is 0 Å². The lowest BCUT2D eigenvalue weighted by Crippen LogP contribution is -2.49. The highest BCUT2D eigenvalue weighted by atomic mass is 32.2. The van der Waals surface area contributed by atoms with Crippen molar-refractivity contribution in [3.05, 3.63) is 0 Å². The molecule has 1 atom stereocenters. The second-order valence-corrected chi connectivity index (χ2v) is 8.29. The van der Waals surface area contributed by atoms with Gasteiger partial charge < -0.3 is 5.32 Å². The molecule has 0 bridgehead atoms. The van der Waals surface area contributed by atoms with Gasteiger partial charge >= 0.3 is 0 Å². The largest absolute Gasteiger partial charge is 0.315 e. The second-order valence-electron chi connectivity index (χ2n) is 6.08. The van der Waals surface area contributed by atoms with Crippen molar-refractivity contribution in [1.82, 2.24) is 9.62 Å². The van der Waals surface area contributed by atoms with Crippen molar-refractivity contribution in [1.29, 1.82) is 0 Å². The number of nitrogens with one attached hydrogen (secondary N) is 1. The Morgan fingerprint density at radius 3 is 2.41 bits per heavy atom. The molecule has 0 aromatic heterocycles. The minimum Gasteiger partial charge on any atom is -0.315 e. The fraction of sp³-hybridized carbons (Fsp3) is 1.00. The van der Waals surface area contributed by atoms with Crippen LogP contribution in [0.3, 0.4) is 0 Å². The maximum Gasteiger partial charge on any atom is 0.218 e. The fourth-order valence-corrected chi connectivity index (χ4v) is 4.54. The molecule has 17 heavy (non-hydrogen) atoms. The standard InChI is InChI=1S/C12H24N2O2S/c1-12(2)5-8-14(9-6-12)17(15,16)11-4-3-7-13-10-11/h11,13H,3-10H2,1-2H3. The predicted molar refractivity (Wildman–Crippen MR) is 69.4 cm³/mol. The Hall–Kier alpha value is -0.130. The molecule has 4 nitrogen and oxygen atoms in total. The summed E-state index contributed by atoms with van der Waals surface area (Å²) in [5, 5.41) is 2.99. The average Bonchev–Trinajstić information content (AvgIpc) is 2.29. The summed E-state index contributed by atoms with van der Waals surface area (Å²) in [6.45, 7) is 7.43. The zero-order chi connectivity index (χ0) is 12.5. The van der Waals surface area contributed by atoms with Crippen LogP contribution in [0.2, 0.25) is 0 Å². The quantitative estimate of drug-likeness (QED) is 0.811. The van der Waals surface area contributed by atoms with E-state index in [0.717, 1.165) is 32.2 Å². The average molecular weight is 260 g/mol. The van der Waals surface area contributed by atoms with Gasteiger partial charge in [-0.2, -0.15) is 0 Å². The summed E-state index contributed by atoms with van der Waals surface area (Å²) in [5.41, 5.74) is 0.302. The van der Waals surface area contributed by atoms with Gasteiger partial charge in [0.25, 0.3) is 0 Å². The van der Waals surface area contributed by atoms with E-state index in [1.165, 1.54) is 0 Å². The number of hydrogen-bond acceptors (Lipinski definition) is 3. The van der Waals surface area contributed by atoms with Crippen molar-refractivity contribution < 1.29 is 8.42 Å². The van der Waals surface area contributed by atoms with Gasteiger partial charge in [0.15, 0.2) is 0 Å². The fourth-order valence-electron chi connectivity index (χ4n) is 2.63. The normalized spacial score (nSPS) is 31.3. The molecule has 0 aromatic carbocycles. The third-order valence-electron chi connectivity index (χ3n) is 4.11. The zero-order valence-electron chi connectivity index (χ0n) is 10.9. The number of nitrogens with zero attached hydrogens (tertiary/aromatic N) is 1. The monoisotopic (exact) mass is 260 g/mol. The molecular formula is C12H24N2O2S. The molecule has 0 amide bonds. The smallest absolute Gasteiger partial charge is 0.218 e. The molecule has 0 radical (unpaired) electrons. The number of hydrogen-bond donors (Lipinski definition) is 1. The molecule has 0 saturated carbocycles. The molecule has 5 heteroatoms. The van der Waals surface area contributed by atoms with Gasteiger partial charge in [0, 0.05) is 19.6 Å². The van der Waals surface area contributed by atoms with Gasteiger partial charge in [0.2, 0.25) is 10.0 Å². The predicted octanol–water partition coefficient (Wildman–Crippen LogP) is 1.19. The molecule has 2 rings (SSSR count). The van der Waals surface area contributed by atoms with E-state index in [-0.39, 0.29) is 5.25 Å². The minimum absolute atomic E-state index is 0.197. The van der Waals surface area contributed by atoms with Gasteiger partial charge in [-0.25, -0.2) is 12.7 Å². The molecule has 2 aliphatic rings. The van der Waals surface area contributed by atoms with Crippen LogP contribution in [0.4, 0.5) is 0 Å². The molecule has 2 aliphatic heterocycles. The van der Waals surface area contributed by atoms with Crippen LogP contribution >= 0.6 is 0 Å². The lowest BCUT2D eigenvalue weighted by atomic mass is 9.83. The van der Waals surface area contributed by atoms with Crippen LogP contribution in [-0.4, -0.2) is 44.2 Å². The molecule has 2 fully saturated rings. The summed E-state index contributed by atoms with van der Waals surface area (Å²) >= 11 is 0. The number of piperidine rings is 2. The maximum atomic E-state index is 12.4. The molecule has 1 unspecified atom stereocenters. The van der Waals surface area contributed by atoms with Gasteiger partial charge in [0.1, 0.15) is 0 Å². The molecule has 2 saturated heterocycles. The maximum absolute atomic E-state index is 12.4. The highest BCUT2D eigenvalue weighted by molar-refractivity contribution is 7.89. The van der Waals surface area contributed by atoms with Gasteiger partial charge in [-0.15, -0.1) is 0 Å². The summed E-state index contributed by atoms with van der Waals surface area (Å²) in [7, 11) is -3.06. The number of sulfonamides is 1. The molecule has 0 spiro atoms. The van der Waals surface area contributed by atoms with E-state index in [4.69, 9.17) is 0 Å². The van der Waals surface area contributed by atoms with Crippen molar-refractivity contribution in [3.63, 3.8) is 0 Å². The molecule has 100 valence electrons. The van der Waals surface area contributed by atoms with E-state index < -0.39 is 10.0 Å². The highest BCUT2D eigenvalue weighted by Gasteiger charge is 2.36. The Labute approximate surface area is 105 Å². The van der Waals surface area contributed by atoms with Crippen molar-refractivity contribution in [2.75, 3.05) is 26.2 Å². The second kappa shape index (κ2) is 4.86. The van der Waals surface area contributed by atoms with Gasteiger partial charge in [-0.1, -0.05) is 13.8 Å². The van der Waals surface area contributed by atoms with E-state index in [2.05, 4.69) is 19.2 Å². The Balaban J connectivity index is 2.01. The lowest BCUT2D eigenvalue weighted by Gasteiger charge is -2.38. The third-order valence-corrected chi connectivity index (χ3v) is 6.44. The summed E-state index contributed by atoms with van der Waals surface area (Å²) in [4.78, 5) is 0. The Kier molecular flexibility index (Phi) is 3.80. The highest BCUT2D eigenvalue weighted by Crippen LogP contribution is 2.32. The molecule has 0 aromatic rings. The van der Waals surface area contributed by atoms with E-state index in [9.17, 15) is 8.42 Å².